The summed E-state index contributed by atoms with van der Waals surface area (Å²) in [5.74, 6) is 0.226. The molecular weight excluding hydrogens is 408 g/mol. The number of aryl methyl sites for hydroxylation is 1. The number of benzene rings is 1. The first-order chi connectivity index (χ1) is 15.0. The van der Waals surface area contributed by atoms with E-state index in [1.807, 2.05) is 38.1 Å². The summed E-state index contributed by atoms with van der Waals surface area (Å²) in [7, 11) is 0. The number of rotatable bonds is 6. The van der Waals surface area contributed by atoms with Crippen LogP contribution in [0.25, 0.3) is 11.1 Å². The van der Waals surface area contributed by atoms with Crippen molar-refractivity contribution in [2.24, 2.45) is 0 Å². The summed E-state index contributed by atoms with van der Waals surface area (Å²) in [5.41, 5.74) is 8.53. The van der Waals surface area contributed by atoms with E-state index in [0.29, 0.717) is 28.4 Å². The number of nitrogen functional groups attached to an aromatic ring is 1. The van der Waals surface area contributed by atoms with Crippen molar-refractivity contribution in [1.29, 1.82) is 10.5 Å². The van der Waals surface area contributed by atoms with Gasteiger partial charge in [0.1, 0.15) is 34.4 Å². The van der Waals surface area contributed by atoms with Crippen molar-refractivity contribution in [3.63, 3.8) is 0 Å². The maximum atomic E-state index is 12.8. The molecule has 1 atom stereocenters. The number of hydrogen-bond donors (Lipinski definition) is 2. The molecule has 0 fully saturated rings. The molecule has 154 valence electrons. The smallest absolute Gasteiger partial charge is 0.239 e. The molecule has 0 spiro atoms. The van der Waals surface area contributed by atoms with E-state index in [-0.39, 0.29) is 22.9 Å². The van der Waals surface area contributed by atoms with Crippen LogP contribution < -0.4 is 11.1 Å². The molecule has 3 rings (SSSR count). The summed E-state index contributed by atoms with van der Waals surface area (Å²) in [6, 6.07) is 16.9. The Hall–Kier alpha value is -3.88. The first-order valence-electron chi connectivity index (χ1n) is 9.57. The van der Waals surface area contributed by atoms with Crippen molar-refractivity contribution < 1.29 is 4.79 Å². The predicted molar refractivity (Wildman–Crippen MR) is 121 cm³/mol. The number of nitrogens with one attached hydrogen (secondary N) is 1. The monoisotopic (exact) mass is 428 g/mol. The zero-order valence-electron chi connectivity index (χ0n) is 17.1. The van der Waals surface area contributed by atoms with Crippen LogP contribution in [0.3, 0.4) is 0 Å². The predicted octanol–water partition coefficient (Wildman–Crippen LogP) is 4.29. The number of nitrogens with two attached hydrogens (primary N) is 1. The molecule has 7 nitrogen and oxygen atoms in total. The molecule has 3 N–H and O–H groups in total. The Labute approximate surface area is 184 Å². The van der Waals surface area contributed by atoms with Crippen LogP contribution in [0.4, 0.5) is 11.6 Å². The van der Waals surface area contributed by atoms with Crippen molar-refractivity contribution in [3.05, 3.63) is 65.4 Å². The Kier molecular flexibility index (Phi) is 6.86. The second kappa shape index (κ2) is 9.75. The van der Waals surface area contributed by atoms with E-state index in [9.17, 15) is 15.3 Å². The lowest BCUT2D eigenvalue weighted by Gasteiger charge is -2.17. The Bertz CT molecular complexity index is 1180. The number of thioether (sulfide) groups is 1. The molecule has 2 aromatic heterocycles. The molecule has 1 amide bonds. The van der Waals surface area contributed by atoms with Gasteiger partial charge in [0.15, 0.2) is 0 Å². The molecule has 0 radical (unpaired) electrons. The molecule has 1 aromatic carbocycles. The standard InChI is InChI=1S/C23H20N6OS/c1-3-18(22(30)28-19-10-9-14(2)13-27-19)31-23-17(12-25)20(15-7-5-4-6-8-15)16(11-24)21(26)29-23/h4-10,13,18H,3H2,1-2H3,(H2,26,29)(H,27,28,30). The molecule has 3 aromatic rings. The van der Waals surface area contributed by atoms with E-state index in [0.717, 1.165) is 17.3 Å². The number of aromatic nitrogens is 2. The molecule has 0 aliphatic rings. The van der Waals surface area contributed by atoms with Crippen LogP contribution in [0.15, 0.2) is 53.7 Å². The van der Waals surface area contributed by atoms with Gasteiger partial charge in [-0.15, -0.1) is 0 Å². The quantitative estimate of drug-likeness (QED) is 0.560. The Morgan fingerprint density at radius 1 is 1.16 bits per heavy atom. The fourth-order valence-electron chi connectivity index (χ4n) is 2.98. The fraction of sp³-hybridized carbons (Fsp3) is 0.174. The zero-order valence-corrected chi connectivity index (χ0v) is 17.9. The summed E-state index contributed by atoms with van der Waals surface area (Å²) in [6.07, 6.45) is 2.17. The van der Waals surface area contributed by atoms with Gasteiger partial charge in [-0.2, -0.15) is 10.5 Å². The summed E-state index contributed by atoms with van der Waals surface area (Å²) < 4.78 is 0. The summed E-state index contributed by atoms with van der Waals surface area (Å²) in [5, 5.41) is 22.1. The van der Waals surface area contributed by atoms with Crippen LogP contribution in [-0.2, 0) is 4.79 Å². The molecule has 0 saturated heterocycles. The minimum Gasteiger partial charge on any atom is -0.383 e. The van der Waals surface area contributed by atoms with Gasteiger partial charge in [-0.25, -0.2) is 9.97 Å². The first-order valence-corrected chi connectivity index (χ1v) is 10.5. The molecule has 8 heteroatoms. The molecule has 0 saturated carbocycles. The molecular formula is C23H20N6OS. The van der Waals surface area contributed by atoms with Crippen LogP contribution >= 0.6 is 11.8 Å². The molecule has 2 heterocycles. The lowest BCUT2D eigenvalue weighted by Crippen LogP contribution is -2.25. The van der Waals surface area contributed by atoms with E-state index in [1.165, 1.54) is 0 Å². The number of carbonyl (C=O) groups is 1. The third-order valence-corrected chi connectivity index (χ3v) is 5.91. The third kappa shape index (κ3) is 4.82. The maximum absolute atomic E-state index is 12.8. The highest BCUT2D eigenvalue weighted by Gasteiger charge is 2.25. The average molecular weight is 429 g/mol. The van der Waals surface area contributed by atoms with Crippen LogP contribution in [0.5, 0.6) is 0 Å². The fourth-order valence-corrected chi connectivity index (χ4v) is 4.00. The topological polar surface area (TPSA) is 128 Å². The van der Waals surface area contributed by atoms with Gasteiger partial charge in [-0.1, -0.05) is 55.1 Å². The zero-order chi connectivity index (χ0) is 22.4. The van der Waals surface area contributed by atoms with Gasteiger partial charge in [0.05, 0.1) is 10.8 Å². The second-order valence-electron chi connectivity index (χ2n) is 6.74. The molecule has 0 aliphatic heterocycles. The van der Waals surface area contributed by atoms with E-state index in [2.05, 4.69) is 27.4 Å². The van der Waals surface area contributed by atoms with Gasteiger partial charge in [0.2, 0.25) is 5.91 Å². The van der Waals surface area contributed by atoms with E-state index in [4.69, 9.17) is 5.73 Å². The molecule has 0 bridgehead atoms. The minimum atomic E-state index is -0.529. The number of carbonyl (C=O) groups excluding carboxylic acids is 1. The average Bonchev–Trinajstić information content (AvgIpc) is 2.79. The van der Waals surface area contributed by atoms with Gasteiger partial charge in [-0.05, 0) is 30.5 Å². The van der Waals surface area contributed by atoms with Crippen LogP contribution in [0.1, 0.15) is 30.0 Å². The summed E-state index contributed by atoms with van der Waals surface area (Å²) >= 11 is 1.15. The normalized spacial score (nSPS) is 11.2. The van der Waals surface area contributed by atoms with E-state index in [1.54, 1.807) is 24.4 Å². The van der Waals surface area contributed by atoms with Gasteiger partial charge in [-0.3, -0.25) is 4.79 Å². The minimum absolute atomic E-state index is 0.0262. The molecule has 0 aliphatic carbocycles. The number of pyridine rings is 2. The number of hydrogen-bond acceptors (Lipinski definition) is 7. The first kappa shape index (κ1) is 21.8. The van der Waals surface area contributed by atoms with Gasteiger partial charge in [0.25, 0.3) is 0 Å². The highest BCUT2D eigenvalue weighted by atomic mass is 32.2. The Balaban J connectivity index is 1.99. The number of amides is 1. The SMILES string of the molecule is CCC(Sc1nc(N)c(C#N)c(-c2ccccc2)c1C#N)C(=O)Nc1ccc(C)cn1. The lowest BCUT2D eigenvalue weighted by atomic mass is 9.97. The molecule has 31 heavy (non-hydrogen) atoms. The largest absolute Gasteiger partial charge is 0.383 e. The second-order valence-corrected chi connectivity index (χ2v) is 7.93. The number of nitrogens with zero attached hydrogens (tertiary/aromatic N) is 4. The van der Waals surface area contributed by atoms with Crippen molar-refractivity contribution in [3.8, 4) is 23.3 Å². The Morgan fingerprint density at radius 3 is 2.45 bits per heavy atom. The number of anilines is 2. The van der Waals surface area contributed by atoms with Crippen LogP contribution in [0, 0.1) is 29.6 Å². The van der Waals surface area contributed by atoms with Crippen molar-refractivity contribution >= 4 is 29.3 Å². The van der Waals surface area contributed by atoms with Crippen LogP contribution in [-0.4, -0.2) is 21.1 Å². The van der Waals surface area contributed by atoms with Gasteiger partial charge >= 0.3 is 0 Å². The van der Waals surface area contributed by atoms with Crippen molar-refractivity contribution in [2.45, 2.75) is 30.5 Å². The maximum Gasteiger partial charge on any atom is 0.239 e. The van der Waals surface area contributed by atoms with Gasteiger partial charge < -0.3 is 11.1 Å². The van der Waals surface area contributed by atoms with Crippen molar-refractivity contribution in [2.75, 3.05) is 11.1 Å². The lowest BCUT2D eigenvalue weighted by molar-refractivity contribution is -0.115. The Morgan fingerprint density at radius 2 is 1.87 bits per heavy atom. The van der Waals surface area contributed by atoms with E-state index < -0.39 is 5.25 Å². The molecule has 1 unspecified atom stereocenters. The van der Waals surface area contributed by atoms with Gasteiger partial charge in [0, 0.05) is 11.8 Å². The highest BCUT2D eigenvalue weighted by Crippen LogP contribution is 2.37. The third-order valence-electron chi connectivity index (χ3n) is 4.56. The summed E-state index contributed by atoms with van der Waals surface area (Å²) in [4.78, 5) is 21.3. The summed E-state index contributed by atoms with van der Waals surface area (Å²) in [6.45, 7) is 3.79. The van der Waals surface area contributed by atoms with E-state index >= 15 is 0 Å². The van der Waals surface area contributed by atoms with Crippen molar-refractivity contribution in [1.82, 2.24) is 9.97 Å². The highest BCUT2D eigenvalue weighted by molar-refractivity contribution is 8.00. The number of nitriles is 2. The van der Waals surface area contributed by atoms with Crippen LogP contribution in [0.2, 0.25) is 0 Å².